The smallest absolute Gasteiger partial charge is 0.223 e. The van der Waals surface area contributed by atoms with Gasteiger partial charge in [-0.1, -0.05) is 13.0 Å². The Hall–Kier alpha value is -1.91. The molecule has 0 atom stereocenters. The van der Waals surface area contributed by atoms with Gasteiger partial charge in [-0.05, 0) is 24.6 Å². The van der Waals surface area contributed by atoms with Crippen LogP contribution in [0.25, 0.3) is 5.69 Å². The Morgan fingerprint density at radius 3 is 2.94 bits per heavy atom. The van der Waals surface area contributed by atoms with Crippen LogP contribution in [0.15, 0.2) is 24.3 Å². The van der Waals surface area contributed by atoms with Crippen molar-refractivity contribution in [3.05, 3.63) is 35.9 Å². The number of halogens is 1. The van der Waals surface area contributed by atoms with Gasteiger partial charge in [-0.2, -0.15) is 9.67 Å². The summed E-state index contributed by atoms with van der Waals surface area (Å²) in [6.07, 6.45) is 1.72. The van der Waals surface area contributed by atoms with Gasteiger partial charge in [-0.15, -0.1) is 5.10 Å². The number of nitrogens with zero attached hydrogens (tertiary/aromatic N) is 3. The summed E-state index contributed by atoms with van der Waals surface area (Å²) in [5.41, 5.74) is 6.31. The van der Waals surface area contributed by atoms with Crippen LogP contribution in [0.4, 0.5) is 10.3 Å². The summed E-state index contributed by atoms with van der Waals surface area (Å²) in [5.74, 6) is 0.655. The van der Waals surface area contributed by atoms with E-state index in [1.165, 1.54) is 16.8 Å². The highest BCUT2D eigenvalue weighted by Crippen LogP contribution is 2.13. The van der Waals surface area contributed by atoms with Crippen molar-refractivity contribution in [1.29, 1.82) is 0 Å². The van der Waals surface area contributed by atoms with Crippen molar-refractivity contribution in [2.45, 2.75) is 19.8 Å². The maximum atomic E-state index is 13.0. The predicted octanol–water partition coefficient (Wildman–Crippen LogP) is 1.94. The number of anilines is 1. The molecule has 4 nitrogen and oxygen atoms in total. The first-order valence-corrected chi connectivity index (χ1v) is 5.18. The van der Waals surface area contributed by atoms with Crippen molar-refractivity contribution < 1.29 is 4.39 Å². The molecule has 84 valence electrons. The number of hydrogen-bond acceptors (Lipinski definition) is 3. The Bertz CT molecular complexity index is 492. The van der Waals surface area contributed by atoms with E-state index in [-0.39, 0.29) is 11.8 Å². The molecule has 16 heavy (non-hydrogen) atoms. The van der Waals surface area contributed by atoms with Gasteiger partial charge in [-0.3, -0.25) is 0 Å². The summed E-state index contributed by atoms with van der Waals surface area (Å²) >= 11 is 0. The molecule has 0 saturated carbocycles. The Balaban J connectivity index is 2.40. The van der Waals surface area contributed by atoms with Crippen LogP contribution in [0.2, 0.25) is 0 Å². The van der Waals surface area contributed by atoms with Crippen LogP contribution in [0, 0.1) is 5.82 Å². The molecule has 0 aliphatic rings. The molecule has 0 bridgehead atoms. The fourth-order valence-corrected chi connectivity index (χ4v) is 1.50. The maximum absolute atomic E-state index is 13.0. The SMILES string of the molecule is CCCc1nc(N)n(-c2cccc(F)c2)n1. The number of hydrogen-bond donors (Lipinski definition) is 1. The second kappa shape index (κ2) is 4.30. The molecule has 2 N–H and O–H groups in total. The molecule has 0 unspecified atom stereocenters. The molecule has 1 aromatic carbocycles. The van der Waals surface area contributed by atoms with Crippen molar-refractivity contribution in [3.8, 4) is 5.69 Å². The van der Waals surface area contributed by atoms with Gasteiger partial charge in [0.15, 0.2) is 5.82 Å². The maximum Gasteiger partial charge on any atom is 0.223 e. The molecule has 0 aliphatic heterocycles. The van der Waals surface area contributed by atoms with E-state index < -0.39 is 0 Å². The Morgan fingerprint density at radius 2 is 2.25 bits per heavy atom. The van der Waals surface area contributed by atoms with E-state index in [0.29, 0.717) is 11.5 Å². The molecule has 0 fully saturated rings. The summed E-state index contributed by atoms with van der Waals surface area (Å²) < 4.78 is 14.5. The van der Waals surface area contributed by atoms with Crippen molar-refractivity contribution in [3.63, 3.8) is 0 Å². The highest BCUT2D eigenvalue weighted by atomic mass is 19.1. The van der Waals surface area contributed by atoms with Crippen LogP contribution >= 0.6 is 0 Å². The summed E-state index contributed by atoms with van der Waals surface area (Å²) in [6, 6.07) is 6.11. The molecule has 2 rings (SSSR count). The number of nitrogen functional groups attached to an aromatic ring is 1. The van der Waals surface area contributed by atoms with E-state index in [0.717, 1.165) is 12.8 Å². The molecule has 2 aromatic rings. The van der Waals surface area contributed by atoms with Gasteiger partial charge < -0.3 is 5.73 Å². The lowest BCUT2D eigenvalue weighted by atomic mass is 10.3. The van der Waals surface area contributed by atoms with Crippen LogP contribution in [0.1, 0.15) is 19.2 Å². The minimum absolute atomic E-state index is 0.286. The number of aryl methyl sites for hydroxylation is 1. The minimum Gasteiger partial charge on any atom is -0.368 e. The van der Waals surface area contributed by atoms with Crippen molar-refractivity contribution in [2.24, 2.45) is 0 Å². The van der Waals surface area contributed by atoms with Gasteiger partial charge in [0, 0.05) is 6.42 Å². The zero-order chi connectivity index (χ0) is 11.5. The fourth-order valence-electron chi connectivity index (χ4n) is 1.50. The zero-order valence-corrected chi connectivity index (χ0v) is 9.02. The molecule has 0 radical (unpaired) electrons. The normalized spacial score (nSPS) is 10.6. The molecule has 1 aromatic heterocycles. The Kier molecular flexibility index (Phi) is 2.85. The first kappa shape index (κ1) is 10.6. The molecule has 5 heteroatoms. The second-order valence-electron chi connectivity index (χ2n) is 3.53. The highest BCUT2D eigenvalue weighted by molar-refractivity contribution is 5.37. The van der Waals surface area contributed by atoms with Gasteiger partial charge in [0.1, 0.15) is 5.82 Å². The average molecular weight is 220 g/mol. The number of benzene rings is 1. The number of rotatable bonds is 3. The highest BCUT2D eigenvalue weighted by Gasteiger charge is 2.08. The third-order valence-electron chi connectivity index (χ3n) is 2.20. The van der Waals surface area contributed by atoms with Gasteiger partial charge >= 0.3 is 0 Å². The first-order chi connectivity index (χ1) is 7.70. The van der Waals surface area contributed by atoms with Crippen LogP contribution in [-0.2, 0) is 6.42 Å². The quantitative estimate of drug-likeness (QED) is 0.860. The first-order valence-electron chi connectivity index (χ1n) is 5.18. The lowest BCUT2D eigenvalue weighted by Gasteiger charge is -2.01. The van der Waals surface area contributed by atoms with Crippen LogP contribution in [-0.4, -0.2) is 14.8 Å². The molecular weight excluding hydrogens is 207 g/mol. The third kappa shape index (κ3) is 2.03. The van der Waals surface area contributed by atoms with Gasteiger partial charge in [0.2, 0.25) is 5.95 Å². The Morgan fingerprint density at radius 1 is 1.44 bits per heavy atom. The van der Waals surface area contributed by atoms with Crippen LogP contribution in [0.3, 0.4) is 0 Å². The summed E-state index contributed by atoms with van der Waals surface area (Å²) in [4.78, 5) is 4.11. The standard InChI is InChI=1S/C11H13FN4/c1-2-4-10-14-11(13)16(15-10)9-6-3-5-8(12)7-9/h3,5-7H,2,4H2,1H3,(H2,13,14,15). The van der Waals surface area contributed by atoms with E-state index >= 15 is 0 Å². The fraction of sp³-hybridized carbons (Fsp3) is 0.273. The van der Waals surface area contributed by atoms with E-state index in [1.807, 2.05) is 6.92 Å². The summed E-state index contributed by atoms with van der Waals surface area (Å²) in [5, 5.41) is 4.22. The molecular formula is C11H13FN4. The second-order valence-corrected chi connectivity index (χ2v) is 3.53. The zero-order valence-electron chi connectivity index (χ0n) is 9.02. The lowest BCUT2D eigenvalue weighted by molar-refractivity contribution is 0.625. The third-order valence-corrected chi connectivity index (χ3v) is 2.20. The topological polar surface area (TPSA) is 56.7 Å². The summed E-state index contributed by atoms with van der Waals surface area (Å²) in [7, 11) is 0. The van der Waals surface area contributed by atoms with E-state index in [2.05, 4.69) is 10.1 Å². The molecule has 0 amide bonds. The number of aromatic nitrogens is 3. The van der Waals surface area contributed by atoms with Gasteiger partial charge in [-0.25, -0.2) is 4.39 Å². The van der Waals surface area contributed by atoms with E-state index in [1.54, 1.807) is 12.1 Å². The van der Waals surface area contributed by atoms with E-state index in [4.69, 9.17) is 5.73 Å². The molecule has 0 aliphatic carbocycles. The monoisotopic (exact) mass is 220 g/mol. The van der Waals surface area contributed by atoms with Crippen molar-refractivity contribution in [1.82, 2.24) is 14.8 Å². The predicted molar refractivity (Wildman–Crippen MR) is 59.7 cm³/mol. The number of nitrogens with two attached hydrogens (primary N) is 1. The molecule has 0 spiro atoms. The average Bonchev–Trinajstić information content (AvgIpc) is 2.60. The molecule has 1 heterocycles. The summed E-state index contributed by atoms with van der Waals surface area (Å²) in [6.45, 7) is 2.04. The van der Waals surface area contributed by atoms with Crippen LogP contribution < -0.4 is 5.73 Å². The molecule has 0 saturated heterocycles. The minimum atomic E-state index is -0.315. The Labute approximate surface area is 92.9 Å². The van der Waals surface area contributed by atoms with Crippen molar-refractivity contribution >= 4 is 5.95 Å². The van der Waals surface area contributed by atoms with Gasteiger partial charge in [0.05, 0.1) is 5.69 Å². The van der Waals surface area contributed by atoms with Crippen LogP contribution in [0.5, 0.6) is 0 Å². The van der Waals surface area contributed by atoms with Crippen molar-refractivity contribution in [2.75, 3.05) is 5.73 Å². The van der Waals surface area contributed by atoms with E-state index in [9.17, 15) is 4.39 Å². The largest absolute Gasteiger partial charge is 0.368 e. The van der Waals surface area contributed by atoms with Gasteiger partial charge in [0.25, 0.3) is 0 Å². The lowest BCUT2D eigenvalue weighted by Crippen LogP contribution is -2.02.